The summed E-state index contributed by atoms with van der Waals surface area (Å²) in [5.41, 5.74) is 7.02. The number of rotatable bonds is 3. The van der Waals surface area contributed by atoms with E-state index in [1.165, 1.54) is 0 Å². The van der Waals surface area contributed by atoms with Crippen LogP contribution in [0.3, 0.4) is 0 Å². The molecule has 0 saturated carbocycles. The van der Waals surface area contributed by atoms with E-state index in [0.717, 1.165) is 24.1 Å². The fourth-order valence-electron chi connectivity index (χ4n) is 2.35. The Morgan fingerprint density at radius 2 is 2.11 bits per heavy atom. The van der Waals surface area contributed by atoms with E-state index in [2.05, 4.69) is 5.32 Å². The van der Waals surface area contributed by atoms with Gasteiger partial charge in [0, 0.05) is 25.3 Å². The summed E-state index contributed by atoms with van der Waals surface area (Å²) in [7, 11) is 0. The van der Waals surface area contributed by atoms with Gasteiger partial charge in [-0.2, -0.15) is 0 Å². The lowest BCUT2D eigenvalue weighted by molar-refractivity contribution is -0.122. The fraction of sp³-hybridized carbons (Fsp3) is 0.500. The number of hydrogen-bond donors (Lipinski definition) is 2. The first-order valence-corrected chi connectivity index (χ1v) is 6.35. The lowest BCUT2D eigenvalue weighted by Crippen LogP contribution is -2.50. The molecule has 98 valence electrons. The summed E-state index contributed by atoms with van der Waals surface area (Å²) < 4.78 is 5.42. The van der Waals surface area contributed by atoms with Crippen molar-refractivity contribution in [1.82, 2.24) is 0 Å². The van der Waals surface area contributed by atoms with Crippen molar-refractivity contribution in [1.29, 1.82) is 0 Å². The SMILES string of the molecule is Cc1ccccc1NC1(C(N)=O)CCCOCC1. The molecular formula is C14H20N2O2. The molecule has 1 aliphatic heterocycles. The zero-order valence-electron chi connectivity index (χ0n) is 10.7. The van der Waals surface area contributed by atoms with E-state index in [1.54, 1.807) is 0 Å². The molecule has 0 spiro atoms. The van der Waals surface area contributed by atoms with Crippen LogP contribution in [0.2, 0.25) is 0 Å². The highest BCUT2D eigenvalue weighted by Gasteiger charge is 2.37. The molecule has 1 saturated heterocycles. The highest BCUT2D eigenvalue weighted by atomic mass is 16.5. The van der Waals surface area contributed by atoms with Crippen molar-refractivity contribution in [3.8, 4) is 0 Å². The molecule has 0 radical (unpaired) electrons. The van der Waals surface area contributed by atoms with Crippen LogP contribution in [0.5, 0.6) is 0 Å². The van der Waals surface area contributed by atoms with E-state index in [4.69, 9.17) is 10.5 Å². The predicted octanol–water partition coefficient (Wildman–Crippen LogP) is 1.83. The molecule has 1 aromatic rings. The van der Waals surface area contributed by atoms with Crippen molar-refractivity contribution in [2.24, 2.45) is 5.73 Å². The number of amides is 1. The molecule has 1 amide bonds. The van der Waals surface area contributed by atoms with Gasteiger partial charge in [0.1, 0.15) is 5.54 Å². The van der Waals surface area contributed by atoms with Gasteiger partial charge in [0.15, 0.2) is 0 Å². The van der Waals surface area contributed by atoms with Crippen LogP contribution in [0.1, 0.15) is 24.8 Å². The second-order valence-electron chi connectivity index (χ2n) is 4.85. The molecule has 0 aliphatic carbocycles. The molecule has 1 unspecified atom stereocenters. The van der Waals surface area contributed by atoms with Gasteiger partial charge >= 0.3 is 0 Å². The Kier molecular flexibility index (Phi) is 3.87. The van der Waals surface area contributed by atoms with Crippen LogP contribution < -0.4 is 11.1 Å². The van der Waals surface area contributed by atoms with E-state index in [0.29, 0.717) is 19.6 Å². The summed E-state index contributed by atoms with van der Waals surface area (Å²) in [6.45, 7) is 3.29. The summed E-state index contributed by atoms with van der Waals surface area (Å²) in [4.78, 5) is 11.8. The summed E-state index contributed by atoms with van der Waals surface area (Å²) in [6.07, 6.45) is 2.19. The van der Waals surface area contributed by atoms with Crippen LogP contribution in [0.4, 0.5) is 5.69 Å². The van der Waals surface area contributed by atoms with E-state index in [9.17, 15) is 4.79 Å². The molecular weight excluding hydrogens is 228 g/mol. The molecule has 1 fully saturated rings. The number of nitrogens with one attached hydrogen (secondary N) is 1. The highest BCUT2D eigenvalue weighted by Crippen LogP contribution is 2.27. The van der Waals surface area contributed by atoms with Gasteiger partial charge in [-0.3, -0.25) is 4.79 Å². The summed E-state index contributed by atoms with van der Waals surface area (Å²) in [5.74, 6) is -0.295. The van der Waals surface area contributed by atoms with Gasteiger partial charge in [0.2, 0.25) is 5.91 Å². The van der Waals surface area contributed by atoms with Gasteiger partial charge < -0.3 is 15.8 Å². The number of carbonyl (C=O) groups excluding carboxylic acids is 1. The molecule has 4 heteroatoms. The number of nitrogens with two attached hydrogens (primary N) is 1. The van der Waals surface area contributed by atoms with Crippen LogP contribution in [0.25, 0.3) is 0 Å². The van der Waals surface area contributed by atoms with Crippen molar-refractivity contribution >= 4 is 11.6 Å². The summed E-state index contributed by atoms with van der Waals surface area (Å²) >= 11 is 0. The Morgan fingerprint density at radius 3 is 2.83 bits per heavy atom. The third kappa shape index (κ3) is 2.64. The second kappa shape index (κ2) is 5.40. The Bertz CT molecular complexity index is 424. The normalized spacial score (nSPS) is 24.3. The number of aryl methyl sites for hydroxylation is 1. The standard InChI is InChI=1S/C14H20N2O2/c1-11-5-2-3-6-12(11)16-14(13(15)17)7-4-9-18-10-8-14/h2-3,5-6,16H,4,7-10H2,1H3,(H2,15,17). The van der Waals surface area contributed by atoms with E-state index in [-0.39, 0.29) is 5.91 Å². The first-order valence-electron chi connectivity index (χ1n) is 6.35. The number of carbonyl (C=O) groups is 1. The molecule has 3 N–H and O–H groups in total. The number of hydrogen-bond acceptors (Lipinski definition) is 3. The lowest BCUT2D eigenvalue weighted by atomic mass is 9.89. The minimum Gasteiger partial charge on any atom is -0.381 e. The predicted molar refractivity (Wildman–Crippen MR) is 71.4 cm³/mol. The number of anilines is 1. The molecule has 0 bridgehead atoms. The summed E-state index contributed by atoms with van der Waals surface area (Å²) in [5, 5.41) is 3.35. The van der Waals surface area contributed by atoms with Crippen LogP contribution in [0, 0.1) is 6.92 Å². The van der Waals surface area contributed by atoms with Crippen molar-refractivity contribution in [3.63, 3.8) is 0 Å². The number of ether oxygens (including phenoxy) is 1. The van der Waals surface area contributed by atoms with E-state index in [1.807, 2.05) is 31.2 Å². The average molecular weight is 248 g/mol. The van der Waals surface area contributed by atoms with Gasteiger partial charge in [0.05, 0.1) is 0 Å². The molecule has 1 heterocycles. The molecule has 18 heavy (non-hydrogen) atoms. The largest absolute Gasteiger partial charge is 0.381 e. The smallest absolute Gasteiger partial charge is 0.243 e. The van der Waals surface area contributed by atoms with Crippen LogP contribution in [0.15, 0.2) is 24.3 Å². The van der Waals surface area contributed by atoms with Gasteiger partial charge in [-0.25, -0.2) is 0 Å². The lowest BCUT2D eigenvalue weighted by Gasteiger charge is -2.31. The topological polar surface area (TPSA) is 64.3 Å². The number of benzene rings is 1. The first-order chi connectivity index (χ1) is 8.64. The summed E-state index contributed by atoms with van der Waals surface area (Å²) in [6, 6.07) is 7.93. The van der Waals surface area contributed by atoms with Gasteiger partial charge in [-0.15, -0.1) is 0 Å². The second-order valence-corrected chi connectivity index (χ2v) is 4.85. The molecule has 2 rings (SSSR count). The maximum Gasteiger partial charge on any atom is 0.243 e. The van der Waals surface area contributed by atoms with Crippen LogP contribution in [-0.4, -0.2) is 24.7 Å². The van der Waals surface area contributed by atoms with Gasteiger partial charge in [-0.05, 0) is 31.4 Å². The maximum absolute atomic E-state index is 11.8. The fourth-order valence-corrected chi connectivity index (χ4v) is 2.35. The van der Waals surface area contributed by atoms with Crippen LogP contribution in [-0.2, 0) is 9.53 Å². The zero-order valence-corrected chi connectivity index (χ0v) is 10.7. The Hall–Kier alpha value is -1.55. The molecule has 1 aliphatic rings. The third-order valence-electron chi connectivity index (χ3n) is 3.56. The van der Waals surface area contributed by atoms with Crippen molar-refractivity contribution < 1.29 is 9.53 Å². The van der Waals surface area contributed by atoms with Crippen LogP contribution >= 0.6 is 0 Å². The molecule has 1 aromatic carbocycles. The Morgan fingerprint density at radius 1 is 1.33 bits per heavy atom. The van der Waals surface area contributed by atoms with Crippen molar-refractivity contribution in [3.05, 3.63) is 29.8 Å². The molecule has 4 nitrogen and oxygen atoms in total. The van der Waals surface area contributed by atoms with Crippen molar-refractivity contribution in [2.75, 3.05) is 18.5 Å². The maximum atomic E-state index is 11.8. The number of para-hydroxylation sites is 1. The Balaban J connectivity index is 2.25. The zero-order chi connectivity index (χ0) is 13.0. The number of primary amides is 1. The van der Waals surface area contributed by atoms with E-state index < -0.39 is 5.54 Å². The monoisotopic (exact) mass is 248 g/mol. The minimum atomic E-state index is -0.678. The van der Waals surface area contributed by atoms with Crippen molar-refractivity contribution in [2.45, 2.75) is 31.7 Å². The molecule has 0 aromatic heterocycles. The quantitative estimate of drug-likeness (QED) is 0.857. The minimum absolute atomic E-state index is 0.295. The third-order valence-corrected chi connectivity index (χ3v) is 3.56. The van der Waals surface area contributed by atoms with E-state index >= 15 is 0 Å². The Labute approximate surface area is 108 Å². The average Bonchev–Trinajstić information content (AvgIpc) is 2.59. The van der Waals surface area contributed by atoms with Gasteiger partial charge in [0.25, 0.3) is 0 Å². The highest BCUT2D eigenvalue weighted by molar-refractivity contribution is 5.88. The van der Waals surface area contributed by atoms with Gasteiger partial charge in [-0.1, -0.05) is 18.2 Å². The first kappa shape index (κ1) is 12.9. The molecule has 1 atom stereocenters.